The molecule has 5 rings (SSSR count). The maximum Gasteiger partial charge on any atom is 0.233 e. The molecular formula is C26H30N4OS. The Bertz CT molecular complexity index is 1040. The van der Waals surface area contributed by atoms with Gasteiger partial charge in [0.1, 0.15) is 5.82 Å². The minimum atomic E-state index is 0.181. The molecule has 2 aromatic carbocycles. The van der Waals surface area contributed by atoms with E-state index < -0.39 is 0 Å². The zero-order valence-electron chi connectivity index (χ0n) is 18.6. The van der Waals surface area contributed by atoms with E-state index in [1.165, 1.54) is 48.6 Å². The van der Waals surface area contributed by atoms with Crippen molar-refractivity contribution < 1.29 is 4.79 Å². The summed E-state index contributed by atoms with van der Waals surface area (Å²) < 4.78 is 2.22. The Morgan fingerprint density at radius 3 is 2.28 bits per heavy atom. The lowest BCUT2D eigenvalue weighted by Crippen LogP contribution is -2.40. The fourth-order valence-corrected chi connectivity index (χ4v) is 5.08. The van der Waals surface area contributed by atoms with Crippen LogP contribution < -0.4 is 0 Å². The normalized spacial score (nSPS) is 16.7. The van der Waals surface area contributed by atoms with E-state index in [1.807, 2.05) is 24.3 Å². The van der Waals surface area contributed by atoms with Crippen molar-refractivity contribution in [2.75, 3.05) is 5.75 Å². The fraction of sp³-hybridized carbons (Fsp3) is 0.423. The highest BCUT2D eigenvalue weighted by Gasteiger charge is 2.35. The molecule has 0 bridgehead atoms. The van der Waals surface area contributed by atoms with Crippen molar-refractivity contribution in [3.05, 3.63) is 77.6 Å². The highest BCUT2D eigenvalue weighted by atomic mass is 32.2. The Morgan fingerprint density at radius 1 is 1.00 bits per heavy atom. The number of carbonyl (C=O) groups is 1. The van der Waals surface area contributed by atoms with E-state index in [1.54, 1.807) is 0 Å². The van der Waals surface area contributed by atoms with Crippen molar-refractivity contribution in [1.82, 2.24) is 19.7 Å². The number of amides is 1. The van der Waals surface area contributed by atoms with Crippen LogP contribution in [0.3, 0.4) is 0 Å². The first-order valence-electron chi connectivity index (χ1n) is 11.6. The van der Waals surface area contributed by atoms with E-state index in [0.717, 1.165) is 17.5 Å². The average molecular weight is 447 g/mol. The first-order chi connectivity index (χ1) is 15.7. The Kier molecular flexibility index (Phi) is 6.30. The van der Waals surface area contributed by atoms with E-state index in [2.05, 4.69) is 63.0 Å². The van der Waals surface area contributed by atoms with E-state index in [-0.39, 0.29) is 11.9 Å². The summed E-state index contributed by atoms with van der Waals surface area (Å²) in [6.45, 7) is 3.62. The maximum absolute atomic E-state index is 13.4. The second-order valence-corrected chi connectivity index (χ2v) is 10.0. The number of hydrogen-bond acceptors (Lipinski definition) is 4. The van der Waals surface area contributed by atoms with Crippen molar-refractivity contribution in [1.29, 1.82) is 0 Å². The SMILES string of the molecule is C[C@H](C1CC1)N(Cc1ccccc1)C(=O)CSc1nnc(C2CC2)n1Cc1ccccc1. The third kappa shape index (κ3) is 5.07. The smallest absolute Gasteiger partial charge is 0.233 e. The number of rotatable bonds is 10. The molecule has 1 atom stereocenters. The number of benzene rings is 2. The molecule has 6 heteroatoms. The molecule has 3 aromatic rings. The zero-order valence-corrected chi connectivity index (χ0v) is 19.4. The molecule has 32 heavy (non-hydrogen) atoms. The number of aromatic nitrogens is 3. The van der Waals surface area contributed by atoms with Gasteiger partial charge in [-0.25, -0.2) is 0 Å². The van der Waals surface area contributed by atoms with Crippen LogP contribution in [-0.2, 0) is 17.9 Å². The molecule has 0 aliphatic heterocycles. The van der Waals surface area contributed by atoms with Crippen molar-refractivity contribution in [3.63, 3.8) is 0 Å². The van der Waals surface area contributed by atoms with E-state index in [4.69, 9.17) is 0 Å². The number of carbonyl (C=O) groups excluding carboxylic acids is 1. The molecule has 166 valence electrons. The van der Waals surface area contributed by atoms with Gasteiger partial charge in [-0.1, -0.05) is 72.4 Å². The Balaban J connectivity index is 1.30. The lowest BCUT2D eigenvalue weighted by atomic mass is 10.1. The van der Waals surface area contributed by atoms with Gasteiger partial charge in [0.2, 0.25) is 5.91 Å². The van der Waals surface area contributed by atoms with Crippen molar-refractivity contribution in [3.8, 4) is 0 Å². The molecule has 2 aliphatic rings. The topological polar surface area (TPSA) is 51.0 Å². The lowest BCUT2D eigenvalue weighted by Gasteiger charge is -2.29. The van der Waals surface area contributed by atoms with Crippen LogP contribution in [0.15, 0.2) is 65.8 Å². The van der Waals surface area contributed by atoms with Crippen molar-refractivity contribution >= 4 is 17.7 Å². The van der Waals surface area contributed by atoms with Gasteiger partial charge in [-0.3, -0.25) is 4.79 Å². The fourth-order valence-electron chi connectivity index (χ4n) is 4.25. The van der Waals surface area contributed by atoms with Crippen LogP contribution in [0.4, 0.5) is 0 Å². The lowest BCUT2D eigenvalue weighted by molar-refractivity contribution is -0.131. The van der Waals surface area contributed by atoms with Gasteiger partial charge in [-0.15, -0.1) is 10.2 Å². The van der Waals surface area contributed by atoms with Gasteiger partial charge >= 0.3 is 0 Å². The minimum absolute atomic E-state index is 0.181. The second kappa shape index (κ2) is 9.49. The monoisotopic (exact) mass is 446 g/mol. The Labute approximate surface area is 194 Å². The summed E-state index contributed by atoms with van der Waals surface area (Å²) in [6, 6.07) is 21.0. The van der Waals surface area contributed by atoms with Gasteiger partial charge in [0.05, 0.1) is 12.3 Å². The van der Waals surface area contributed by atoms with E-state index in [0.29, 0.717) is 24.1 Å². The standard InChI is InChI=1S/C26H30N4OS/c1-19(22-12-13-22)29(16-20-8-4-2-5-9-20)24(31)18-32-26-28-27-25(23-14-15-23)30(26)17-21-10-6-3-7-11-21/h2-11,19,22-23H,12-18H2,1H3/t19-/m1/s1. The Morgan fingerprint density at radius 2 is 1.66 bits per heavy atom. The van der Waals surface area contributed by atoms with Gasteiger partial charge in [0, 0.05) is 18.5 Å². The van der Waals surface area contributed by atoms with Crippen LogP contribution in [0.5, 0.6) is 0 Å². The number of hydrogen-bond donors (Lipinski definition) is 0. The zero-order chi connectivity index (χ0) is 21.9. The van der Waals surface area contributed by atoms with Crippen molar-refractivity contribution in [2.45, 2.75) is 62.8 Å². The first-order valence-corrected chi connectivity index (χ1v) is 12.6. The summed E-state index contributed by atoms with van der Waals surface area (Å²) in [5, 5.41) is 9.84. The van der Waals surface area contributed by atoms with Gasteiger partial charge in [-0.05, 0) is 49.7 Å². The second-order valence-electron chi connectivity index (χ2n) is 9.06. The third-order valence-corrected chi connectivity index (χ3v) is 7.46. The van der Waals surface area contributed by atoms with Gasteiger partial charge < -0.3 is 9.47 Å². The van der Waals surface area contributed by atoms with Crippen LogP contribution in [0, 0.1) is 5.92 Å². The number of thioether (sulfide) groups is 1. The summed E-state index contributed by atoms with van der Waals surface area (Å²) in [5.41, 5.74) is 2.41. The van der Waals surface area contributed by atoms with Gasteiger partial charge in [-0.2, -0.15) is 0 Å². The summed E-state index contributed by atoms with van der Waals surface area (Å²) in [4.78, 5) is 15.4. The molecule has 0 radical (unpaired) electrons. The largest absolute Gasteiger partial charge is 0.335 e. The van der Waals surface area contributed by atoms with Crippen LogP contribution in [-0.4, -0.2) is 37.4 Å². The summed E-state index contributed by atoms with van der Waals surface area (Å²) in [7, 11) is 0. The number of nitrogens with zero attached hydrogens (tertiary/aromatic N) is 4. The molecular weight excluding hydrogens is 416 g/mol. The van der Waals surface area contributed by atoms with Crippen LogP contribution in [0.1, 0.15) is 55.5 Å². The molecule has 5 nitrogen and oxygen atoms in total. The highest BCUT2D eigenvalue weighted by Crippen LogP contribution is 2.40. The molecule has 1 heterocycles. The summed E-state index contributed by atoms with van der Waals surface area (Å²) >= 11 is 1.53. The van der Waals surface area contributed by atoms with Gasteiger partial charge in [0.15, 0.2) is 5.16 Å². The maximum atomic E-state index is 13.4. The molecule has 1 aromatic heterocycles. The average Bonchev–Trinajstić information content (AvgIpc) is 3.75. The molecule has 0 spiro atoms. The van der Waals surface area contributed by atoms with Crippen LogP contribution >= 0.6 is 11.8 Å². The molecule has 1 amide bonds. The van der Waals surface area contributed by atoms with Crippen LogP contribution in [0.2, 0.25) is 0 Å². The quantitative estimate of drug-likeness (QED) is 0.406. The van der Waals surface area contributed by atoms with E-state index >= 15 is 0 Å². The van der Waals surface area contributed by atoms with Gasteiger partial charge in [0.25, 0.3) is 0 Å². The third-order valence-electron chi connectivity index (χ3n) is 6.51. The van der Waals surface area contributed by atoms with E-state index in [9.17, 15) is 4.79 Å². The summed E-state index contributed by atoms with van der Waals surface area (Å²) in [5.74, 6) is 2.79. The molecule has 0 unspecified atom stereocenters. The molecule has 0 saturated heterocycles. The predicted molar refractivity (Wildman–Crippen MR) is 127 cm³/mol. The first kappa shape index (κ1) is 21.3. The van der Waals surface area contributed by atoms with Crippen molar-refractivity contribution in [2.24, 2.45) is 5.92 Å². The Hall–Kier alpha value is -2.60. The highest BCUT2D eigenvalue weighted by molar-refractivity contribution is 7.99. The molecule has 2 aliphatic carbocycles. The predicted octanol–water partition coefficient (Wildman–Crippen LogP) is 5.12. The summed E-state index contributed by atoms with van der Waals surface area (Å²) in [6.07, 6.45) is 4.81. The molecule has 2 saturated carbocycles. The molecule has 2 fully saturated rings. The molecule has 0 N–H and O–H groups in total. The minimum Gasteiger partial charge on any atom is -0.335 e. The van der Waals surface area contributed by atoms with Crippen LogP contribution in [0.25, 0.3) is 0 Å².